The van der Waals surface area contributed by atoms with Crippen LogP contribution in [-0.2, 0) is 28.7 Å². The third-order valence-electron chi connectivity index (χ3n) is 12.5. The molecule has 0 spiro atoms. The molecule has 2 aliphatic heterocycles. The highest BCUT2D eigenvalue weighted by Crippen LogP contribution is 2.40. The van der Waals surface area contributed by atoms with Crippen molar-refractivity contribution in [3.05, 3.63) is 104 Å². The molecule has 2 aromatic carbocycles. The van der Waals surface area contributed by atoms with Crippen molar-refractivity contribution in [2.24, 2.45) is 10.4 Å². The molecule has 368 valence electrons. The first-order chi connectivity index (χ1) is 32.8. The molecule has 3 aromatic heterocycles. The van der Waals surface area contributed by atoms with Gasteiger partial charge in [0.05, 0.1) is 47.0 Å². The number of aryl methyl sites for hydroxylation is 3. The van der Waals surface area contributed by atoms with Gasteiger partial charge in [-0.2, -0.15) is 0 Å². The Kier molecular flexibility index (Phi) is 16.5. The number of carbonyl (C=O) groups is 4. The van der Waals surface area contributed by atoms with Gasteiger partial charge in [-0.3, -0.25) is 28.7 Å². The van der Waals surface area contributed by atoms with E-state index < -0.39 is 47.6 Å². The zero-order chi connectivity index (χ0) is 49.7. The highest BCUT2D eigenvalue weighted by Gasteiger charge is 2.45. The van der Waals surface area contributed by atoms with E-state index in [-0.39, 0.29) is 57.0 Å². The molecule has 16 nitrogen and oxygen atoms in total. The van der Waals surface area contributed by atoms with Crippen molar-refractivity contribution in [3.63, 3.8) is 0 Å². The summed E-state index contributed by atoms with van der Waals surface area (Å²) in [6.45, 7) is 18.0. The van der Waals surface area contributed by atoms with Crippen molar-refractivity contribution < 1.29 is 33.8 Å². The fourth-order valence-electron chi connectivity index (χ4n) is 8.52. The highest BCUT2D eigenvalue weighted by atomic mass is 35.5. The van der Waals surface area contributed by atoms with Gasteiger partial charge in [0.15, 0.2) is 5.82 Å². The van der Waals surface area contributed by atoms with E-state index in [4.69, 9.17) is 26.1 Å². The van der Waals surface area contributed by atoms with Crippen LogP contribution in [0.2, 0.25) is 5.02 Å². The first-order valence-electron chi connectivity index (χ1n) is 23.2. The van der Waals surface area contributed by atoms with Gasteiger partial charge in [0.25, 0.3) is 0 Å². The van der Waals surface area contributed by atoms with E-state index in [1.54, 1.807) is 29.6 Å². The average Bonchev–Trinajstić information content (AvgIpc) is 4.08. The van der Waals surface area contributed by atoms with Crippen LogP contribution in [0.25, 0.3) is 15.4 Å². The van der Waals surface area contributed by atoms with E-state index in [1.165, 1.54) is 4.90 Å². The predicted octanol–water partition coefficient (Wildman–Crippen LogP) is 6.92. The number of aliphatic hydroxyl groups excluding tert-OH is 1. The average molecular weight is 1000 g/mol. The van der Waals surface area contributed by atoms with Gasteiger partial charge < -0.3 is 35.4 Å². The summed E-state index contributed by atoms with van der Waals surface area (Å²) in [5.41, 5.74) is 7.74. The van der Waals surface area contributed by atoms with Crippen LogP contribution in [0.1, 0.15) is 110 Å². The number of halogens is 1. The molecule has 4 N–H and O–H groups in total. The van der Waals surface area contributed by atoms with E-state index >= 15 is 0 Å². The monoisotopic (exact) mass is 999 g/mol. The minimum Gasteiger partial charge on any atom is -0.391 e. The molecule has 19 heteroatoms. The van der Waals surface area contributed by atoms with Gasteiger partial charge in [-0.15, -0.1) is 32.9 Å². The number of rotatable bonds is 18. The van der Waals surface area contributed by atoms with Gasteiger partial charge >= 0.3 is 0 Å². The number of aliphatic hydroxyl groups is 1. The fourth-order valence-corrected chi connectivity index (χ4v) is 10.7. The molecule has 5 heterocycles. The van der Waals surface area contributed by atoms with Gasteiger partial charge in [-0.05, 0) is 82.2 Å². The number of β-amino-alcohol motifs (C(OH)–C–C–N with tert-alkyl or cyclic N) is 1. The van der Waals surface area contributed by atoms with E-state index in [9.17, 15) is 24.3 Å². The fraction of sp³-hybridized carbons (Fsp3) is 0.480. The summed E-state index contributed by atoms with van der Waals surface area (Å²) < 4.78 is 13.6. The molecule has 1 fully saturated rings. The number of likely N-dealkylation sites (tertiary alicyclic amines) is 1. The summed E-state index contributed by atoms with van der Waals surface area (Å²) in [5.74, 6) is -0.219. The van der Waals surface area contributed by atoms with E-state index in [1.807, 2.05) is 100 Å². The number of nitrogens with one attached hydrogen (secondary N) is 3. The number of ether oxygens (including phenoxy) is 2. The zero-order valence-electron chi connectivity index (χ0n) is 40.6. The lowest BCUT2D eigenvalue weighted by Gasteiger charge is -2.36. The van der Waals surface area contributed by atoms with Crippen LogP contribution in [-0.4, -0.2) is 116 Å². The second-order valence-corrected chi connectivity index (χ2v) is 21.3. The molecule has 6 atom stereocenters. The summed E-state index contributed by atoms with van der Waals surface area (Å²) in [4.78, 5) is 67.8. The summed E-state index contributed by atoms with van der Waals surface area (Å²) >= 11 is 9.46. The van der Waals surface area contributed by atoms with E-state index in [0.717, 1.165) is 54.0 Å². The van der Waals surface area contributed by atoms with E-state index in [0.29, 0.717) is 29.7 Å². The summed E-state index contributed by atoms with van der Waals surface area (Å²) in [5, 5.41) is 30.0. The maximum Gasteiger partial charge on any atom is 0.249 e. The minimum absolute atomic E-state index is 0.0346. The number of aliphatic imine (C=N–C) groups is 1. The number of amides is 4. The molecule has 69 heavy (non-hydrogen) atoms. The van der Waals surface area contributed by atoms with Crippen molar-refractivity contribution in [1.82, 2.24) is 40.6 Å². The number of thiophene rings is 1. The number of benzene rings is 2. The van der Waals surface area contributed by atoms with E-state index in [2.05, 4.69) is 45.0 Å². The smallest absolute Gasteiger partial charge is 0.249 e. The molecule has 5 aromatic rings. The Hall–Kier alpha value is -5.37. The second-order valence-electron chi connectivity index (χ2n) is 18.8. The molecule has 0 saturated carbocycles. The zero-order valence-corrected chi connectivity index (χ0v) is 43.0. The normalized spacial score (nSPS) is 18.1. The Bertz CT molecular complexity index is 2670. The van der Waals surface area contributed by atoms with Crippen molar-refractivity contribution in [3.8, 4) is 15.4 Å². The van der Waals surface area contributed by atoms with Crippen molar-refractivity contribution >= 4 is 63.6 Å². The first-order valence-corrected chi connectivity index (χ1v) is 25.3. The third kappa shape index (κ3) is 12.0. The van der Waals surface area contributed by atoms with Crippen molar-refractivity contribution in [2.45, 2.75) is 118 Å². The summed E-state index contributed by atoms with van der Waals surface area (Å²) in [6.07, 6.45) is -1.18. The lowest BCUT2D eigenvalue weighted by Crippen LogP contribution is -2.59. The van der Waals surface area contributed by atoms with Gasteiger partial charge in [-0.1, -0.05) is 68.8 Å². The second kappa shape index (κ2) is 22.2. The molecule has 1 saturated heterocycles. The van der Waals surface area contributed by atoms with Crippen LogP contribution in [0.3, 0.4) is 0 Å². The lowest BCUT2D eigenvalue weighted by molar-refractivity contribution is -0.146. The van der Waals surface area contributed by atoms with Crippen molar-refractivity contribution in [2.75, 3.05) is 32.9 Å². The molecule has 0 aliphatic carbocycles. The molecular weight excluding hydrogens is 938 g/mol. The number of hydrogen-bond acceptors (Lipinski definition) is 13. The molecule has 7 rings (SSSR count). The number of fused-ring (bicyclic) bond motifs is 3. The third-order valence-corrected chi connectivity index (χ3v) is 14.9. The Labute approximate surface area is 416 Å². The Morgan fingerprint density at radius 3 is 2.33 bits per heavy atom. The van der Waals surface area contributed by atoms with Gasteiger partial charge in [0.1, 0.15) is 35.1 Å². The van der Waals surface area contributed by atoms with Crippen LogP contribution >= 0.6 is 34.3 Å². The molecule has 2 aliphatic rings. The number of nitrogens with zero attached hydrogens (tertiary/aromatic N) is 6. The molecule has 4 amide bonds. The van der Waals surface area contributed by atoms with Crippen molar-refractivity contribution in [1.29, 1.82) is 0 Å². The molecular formula is C50H62ClN9O7S2. The Balaban J connectivity index is 0.855. The molecule has 0 radical (unpaired) electrons. The minimum atomic E-state index is -1.00. The summed E-state index contributed by atoms with van der Waals surface area (Å²) in [7, 11) is 0. The van der Waals surface area contributed by atoms with Gasteiger partial charge in [-0.25, -0.2) is 4.98 Å². The topological polar surface area (TPSA) is 202 Å². The first kappa shape index (κ1) is 51.5. The maximum atomic E-state index is 14.2. The number of thiazole rings is 1. The van der Waals surface area contributed by atoms with Crippen LogP contribution in [0.4, 0.5) is 0 Å². The molecule has 1 unspecified atom stereocenters. The Morgan fingerprint density at radius 2 is 1.65 bits per heavy atom. The van der Waals surface area contributed by atoms with Crippen LogP contribution in [0, 0.1) is 33.1 Å². The van der Waals surface area contributed by atoms with Crippen LogP contribution in [0.5, 0.6) is 0 Å². The lowest BCUT2D eigenvalue weighted by atomic mass is 9.85. The Morgan fingerprint density at radius 1 is 0.942 bits per heavy atom. The number of aromatic nitrogens is 4. The summed E-state index contributed by atoms with van der Waals surface area (Å²) in [6, 6.07) is 12.6. The SMILES string of the molecule is Cc1ncsc1-c1ccc([C@H](C)NC(=O)[C@@H]2C[C@@H](O)CN2C(=O)[C@@H](NC(=O)[C@@H](C)OCCCOCCNC(=O)CC2N=C(c3ccc(Cl)cc3)c3c(sc(C)c3C)-n3c(C)nnc32)C(C)(C)C)cc1. The quantitative estimate of drug-likeness (QED) is 0.0668. The predicted molar refractivity (Wildman–Crippen MR) is 268 cm³/mol. The maximum absolute atomic E-state index is 14.2. The van der Waals surface area contributed by atoms with Gasteiger partial charge in [0, 0.05) is 53.8 Å². The number of hydrogen-bond donors (Lipinski definition) is 4. The highest BCUT2D eigenvalue weighted by molar-refractivity contribution is 7.15. The number of carbonyl (C=O) groups excluding carboxylic acids is 4. The largest absolute Gasteiger partial charge is 0.391 e. The molecule has 0 bridgehead atoms. The standard InChI is InChI=1S/C50H62ClN9O7S2/c1-27-31(5)69-49-41(27)42(34-15-17-36(51)18-16-34)55-38(45-58-57-32(6)60(45)49)24-40(62)52-19-22-66-20-10-21-67-30(4)46(63)56-44(50(7,8)9)48(65)59-25-37(61)23-39(59)47(64)54-28(2)33-11-13-35(14-12-33)43-29(3)53-26-68-43/h11-18,26,28,30,37-39,44,61H,10,19-25H2,1-9H3,(H,52,62)(H,54,64)(H,56,63)/t28-,30+,37+,38?,39-,44+/m0/s1. The van der Waals surface area contributed by atoms with Crippen LogP contribution < -0.4 is 16.0 Å². The van der Waals surface area contributed by atoms with Crippen LogP contribution in [0.15, 0.2) is 59.0 Å². The van der Waals surface area contributed by atoms with Gasteiger partial charge in [0.2, 0.25) is 23.6 Å².